The van der Waals surface area contributed by atoms with Crippen LogP contribution in [0.25, 0.3) is 0 Å². The molecule has 2 saturated heterocycles. The van der Waals surface area contributed by atoms with Crippen LogP contribution in [0.3, 0.4) is 0 Å². The lowest BCUT2D eigenvalue weighted by molar-refractivity contribution is -0.422. The minimum absolute atomic E-state index is 0.0945. The Labute approximate surface area is 92.2 Å². The van der Waals surface area contributed by atoms with Gasteiger partial charge in [-0.15, -0.1) is 0 Å². The Hall–Kier alpha value is -0.910. The van der Waals surface area contributed by atoms with Crippen LogP contribution in [-0.4, -0.2) is 37.5 Å². The van der Waals surface area contributed by atoms with Crippen molar-refractivity contribution in [3.63, 3.8) is 0 Å². The predicted molar refractivity (Wildman–Crippen MR) is 50.2 cm³/mol. The Morgan fingerprint density at radius 1 is 1.38 bits per heavy atom. The van der Waals surface area contributed by atoms with Gasteiger partial charge in [-0.25, -0.2) is 14.6 Å². The second-order valence-corrected chi connectivity index (χ2v) is 5.22. The lowest BCUT2D eigenvalue weighted by Crippen LogP contribution is -2.60. The van der Waals surface area contributed by atoms with E-state index in [9.17, 15) is 4.79 Å². The first-order valence-electron chi connectivity index (χ1n) is 5.49. The van der Waals surface area contributed by atoms with Gasteiger partial charge >= 0.3 is 5.97 Å². The number of cyclic esters (lactones) is 1. The molecule has 0 radical (unpaired) electrons. The third kappa shape index (κ3) is 0.763. The molecule has 86 valence electrons. The standard InChI is InChI=1S/C11H12O5/c1-10-2-7-8-6(3-14-9(8)12)11(10,16-15-7)5-13-4-10/h7H,2-5H2,1H3/t7-,10-,11-/m1/s1. The predicted octanol–water partition coefficient (Wildman–Crippen LogP) is 0.349. The summed E-state index contributed by atoms with van der Waals surface area (Å²) in [4.78, 5) is 22.5. The molecule has 0 aromatic carbocycles. The molecule has 5 nitrogen and oxygen atoms in total. The summed E-state index contributed by atoms with van der Waals surface area (Å²) in [7, 11) is 0. The van der Waals surface area contributed by atoms with Gasteiger partial charge in [-0.05, 0) is 6.42 Å². The van der Waals surface area contributed by atoms with E-state index in [1.807, 2.05) is 0 Å². The van der Waals surface area contributed by atoms with Crippen LogP contribution in [0.1, 0.15) is 13.3 Å². The normalized spacial score (nSPS) is 49.3. The summed E-state index contributed by atoms with van der Waals surface area (Å²) in [5.74, 6) is -0.253. The number of carbonyl (C=O) groups is 1. The Morgan fingerprint density at radius 2 is 2.25 bits per heavy atom. The average molecular weight is 224 g/mol. The Morgan fingerprint density at radius 3 is 3.12 bits per heavy atom. The molecule has 0 amide bonds. The summed E-state index contributed by atoms with van der Waals surface area (Å²) in [6.45, 7) is 3.55. The zero-order chi connectivity index (χ0) is 11.0. The molecular formula is C11H12O5. The molecule has 16 heavy (non-hydrogen) atoms. The molecule has 2 fully saturated rings. The molecule has 0 unspecified atom stereocenters. The fourth-order valence-corrected chi connectivity index (χ4v) is 3.37. The molecule has 0 aromatic heterocycles. The molecule has 4 aliphatic heterocycles. The van der Waals surface area contributed by atoms with Crippen LogP contribution in [-0.2, 0) is 24.0 Å². The smallest absolute Gasteiger partial charge is 0.337 e. The first kappa shape index (κ1) is 9.15. The van der Waals surface area contributed by atoms with E-state index in [-0.39, 0.29) is 17.5 Å². The zero-order valence-corrected chi connectivity index (χ0v) is 8.95. The van der Waals surface area contributed by atoms with Crippen LogP contribution in [0.2, 0.25) is 0 Å². The summed E-state index contributed by atoms with van der Waals surface area (Å²) in [5.41, 5.74) is 0.931. The van der Waals surface area contributed by atoms with Crippen LogP contribution >= 0.6 is 0 Å². The molecule has 0 N–H and O–H groups in total. The number of rotatable bonds is 0. The summed E-state index contributed by atoms with van der Waals surface area (Å²) < 4.78 is 10.7. The third-order valence-electron chi connectivity index (χ3n) is 4.35. The minimum atomic E-state index is -0.594. The van der Waals surface area contributed by atoms with Gasteiger partial charge in [0, 0.05) is 11.0 Å². The van der Waals surface area contributed by atoms with Crippen LogP contribution in [0.4, 0.5) is 0 Å². The fourth-order valence-electron chi connectivity index (χ4n) is 3.37. The Bertz CT molecular complexity index is 428. The molecule has 5 rings (SSSR count). The maximum atomic E-state index is 11.6. The van der Waals surface area contributed by atoms with E-state index < -0.39 is 5.60 Å². The average Bonchev–Trinajstić information content (AvgIpc) is 2.79. The van der Waals surface area contributed by atoms with E-state index in [4.69, 9.17) is 19.2 Å². The van der Waals surface area contributed by atoms with Gasteiger partial charge in [0.2, 0.25) is 0 Å². The van der Waals surface area contributed by atoms with Crippen molar-refractivity contribution in [2.75, 3.05) is 19.8 Å². The van der Waals surface area contributed by atoms with Gasteiger partial charge in [-0.1, -0.05) is 6.92 Å². The lowest BCUT2D eigenvalue weighted by Gasteiger charge is -2.50. The highest BCUT2D eigenvalue weighted by atomic mass is 17.2. The Kier molecular flexibility index (Phi) is 1.43. The van der Waals surface area contributed by atoms with Gasteiger partial charge in [-0.2, -0.15) is 0 Å². The van der Waals surface area contributed by atoms with Gasteiger partial charge in [0.25, 0.3) is 0 Å². The molecule has 2 bridgehead atoms. The minimum Gasteiger partial charge on any atom is -0.458 e. The zero-order valence-electron chi connectivity index (χ0n) is 8.95. The van der Waals surface area contributed by atoms with Crippen LogP contribution in [0, 0.1) is 5.41 Å². The van der Waals surface area contributed by atoms with Crippen molar-refractivity contribution in [1.29, 1.82) is 0 Å². The number of carbonyl (C=O) groups excluding carboxylic acids is 1. The van der Waals surface area contributed by atoms with Crippen molar-refractivity contribution >= 4 is 5.97 Å². The van der Waals surface area contributed by atoms with E-state index in [0.717, 1.165) is 12.0 Å². The maximum Gasteiger partial charge on any atom is 0.337 e. The van der Waals surface area contributed by atoms with Crippen molar-refractivity contribution in [1.82, 2.24) is 0 Å². The number of hydrogen-bond acceptors (Lipinski definition) is 5. The lowest BCUT2D eigenvalue weighted by atomic mass is 9.62. The second kappa shape index (κ2) is 2.50. The SMILES string of the molecule is C[C@@]12COC[C@]13OO[C@H](C2)C1=C3COC1=O. The van der Waals surface area contributed by atoms with Gasteiger partial charge in [0.15, 0.2) is 5.60 Å². The number of ether oxygens (including phenoxy) is 2. The quantitative estimate of drug-likeness (QED) is 0.439. The van der Waals surface area contributed by atoms with Gasteiger partial charge in [-0.3, -0.25) is 0 Å². The molecule has 3 atom stereocenters. The molecule has 1 aliphatic carbocycles. The van der Waals surface area contributed by atoms with Crippen LogP contribution < -0.4 is 0 Å². The highest BCUT2D eigenvalue weighted by Crippen LogP contribution is 2.58. The van der Waals surface area contributed by atoms with E-state index in [1.54, 1.807) is 0 Å². The molecule has 4 heterocycles. The molecule has 5 aliphatic rings. The summed E-state index contributed by atoms with van der Waals surface area (Å²) in [5, 5.41) is 0. The maximum absolute atomic E-state index is 11.6. The molecule has 0 aromatic rings. The summed E-state index contributed by atoms with van der Waals surface area (Å²) in [6, 6.07) is 0. The highest BCUT2D eigenvalue weighted by molar-refractivity contribution is 5.94. The fraction of sp³-hybridized carbons (Fsp3) is 0.727. The van der Waals surface area contributed by atoms with Crippen molar-refractivity contribution in [2.24, 2.45) is 5.41 Å². The Balaban J connectivity index is 1.96. The van der Waals surface area contributed by atoms with Crippen LogP contribution in [0.15, 0.2) is 11.1 Å². The second-order valence-electron chi connectivity index (χ2n) is 5.22. The van der Waals surface area contributed by atoms with Gasteiger partial charge in [0.1, 0.15) is 12.7 Å². The molecule has 5 heteroatoms. The largest absolute Gasteiger partial charge is 0.458 e. The summed E-state index contributed by atoms with van der Waals surface area (Å²) >= 11 is 0. The van der Waals surface area contributed by atoms with E-state index >= 15 is 0 Å². The number of hydrogen-bond donors (Lipinski definition) is 0. The van der Waals surface area contributed by atoms with E-state index in [0.29, 0.717) is 25.4 Å². The first-order chi connectivity index (χ1) is 7.66. The first-order valence-corrected chi connectivity index (χ1v) is 5.49. The van der Waals surface area contributed by atoms with Crippen molar-refractivity contribution < 1.29 is 24.0 Å². The monoisotopic (exact) mass is 224 g/mol. The van der Waals surface area contributed by atoms with Crippen molar-refractivity contribution in [3.8, 4) is 0 Å². The topological polar surface area (TPSA) is 54.0 Å². The van der Waals surface area contributed by atoms with Crippen LogP contribution in [0.5, 0.6) is 0 Å². The van der Waals surface area contributed by atoms with Gasteiger partial charge < -0.3 is 9.47 Å². The third-order valence-corrected chi connectivity index (χ3v) is 4.35. The van der Waals surface area contributed by atoms with E-state index in [1.165, 1.54) is 0 Å². The summed E-state index contributed by atoms with van der Waals surface area (Å²) in [6.07, 6.45) is 0.486. The van der Waals surface area contributed by atoms with Crippen molar-refractivity contribution in [2.45, 2.75) is 25.0 Å². The molecule has 1 spiro atoms. The number of fused-ring (bicyclic) bond motifs is 1. The number of esters is 1. The molecular weight excluding hydrogens is 212 g/mol. The van der Waals surface area contributed by atoms with Crippen molar-refractivity contribution in [3.05, 3.63) is 11.1 Å². The highest BCUT2D eigenvalue weighted by Gasteiger charge is 2.68. The van der Waals surface area contributed by atoms with E-state index in [2.05, 4.69) is 6.92 Å². The van der Waals surface area contributed by atoms with Gasteiger partial charge in [0.05, 0.1) is 18.8 Å². The molecule has 0 saturated carbocycles.